The monoisotopic (exact) mass is 247 g/mol. The fraction of sp³-hybridized carbons (Fsp3) is 0.308. The van der Waals surface area contributed by atoms with E-state index >= 15 is 0 Å². The summed E-state index contributed by atoms with van der Waals surface area (Å²) in [4.78, 5) is 9.01. The summed E-state index contributed by atoms with van der Waals surface area (Å²) in [5.74, 6) is 0. The predicted molar refractivity (Wildman–Crippen MR) is 72.9 cm³/mol. The van der Waals surface area contributed by atoms with Gasteiger partial charge < -0.3 is 10.6 Å². The van der Waals surface area contributed by atoms with Crippen molar-refractivity contribution in [2.24, 2.45) is 5.73 Å². The van der Waals surface area contributed by atoms with Crippen LogP contribution in [0.5, 0.6) is 0 Å². The summed E-state index contributed by atoms with van der Waals surface area (Å²) in [7, 11) is 2.09. The Morgan fingerprint density at radius 2 is 2.24 bits per heavy atom. The van der Waals surface area contributed by atoms with Crippen LogP contribution in [0, 0.1) is 0 Å². The van der Waals surface area contributed by atoms with Crippen LogP contribution in [0.4, 0.5) is 0 Å². The minimum absolute atomic E-state index is 0.706. The lowest BCUT2D eigenvalue weighted by molar-refractivity contribution is 0.339. The fourth-order valence-corrected chi connectivity index (χ4v) is 2.77. The molecule has 3 nitrogen and oxygen atoms in total. The molecular weight excluding hydrogens is 230 g/mol. The standard InChI is InChI=1S/C13H17N3S/c1-16(8-6-14)10-12-4-5-13(17-12)11-3-2-7-15-9-11/h2-5,7,9H,6,8,10,14H2,1H3. The molecule has 90 valence electrons. The third-order valence-electron chi connectivity index (χ3n) is 2.54. The number of nitrogens with zero attached hydrogens (tertiary/aromatic N) is 2. The zero-order valence-corrected chi connectivity index (χ0v) is 10.8. The SMILES string of the molecule is CN(CCN)Cc1ccc(-c2cccnc2)s1. The minimum Gasteiger partial charge on any atom is -0.329 e. The first-order valence-electron chi connectivity index (χ1n) is 5.67. The lowest BCUT2D eigenvalue weighted by Crippen LogP contribution is -2.24. The number of hydrogen-bond acceptors (Lipinski definition) is 4. The summed E-state index contributed by atoms with van der Waals surface area (Å²) in [6.45, 7) is 2.60. The van der Waals surface area contributed by atoms with E-state index in [9.17, 15) is 0 Å². The molecule has 2 heterocycles. The number of nitrogens with two attached hydrogens (primary N) is 1. The van der Waals surface area contributed by atoms with Crippen molar-refractivity contribution >= 4 is 11.3 Å². The molecule has 0 unspecified atom stereocenters. The Kier molecular flexibility index (Phi) is 4.25. The Balaban J connectivity index is 2.06. The second-order valence-electron chi connectivity index (χ2n) is 4.03. The number of rotatable bonds is 5. The number of pyridine rings is 1. The summed E-state index contributed by atoms with van der Waals surface area (Å²) in [6.07, 6.45) is 3.70. The van der Waals surface area contributed by atoms with Crippen LogP contribution in [-0.2, 0) is 6.54 Å². The first-order valence-corrected chi connectivity index (χ1v) is 6.49. The van der Waals surface area contributed by atoms with Crippen molar-refractivity contribution in [1.82, 2.24) is 9.88 Å². The van der Waals surface area contributed by atoms with Crippen molar-refractivity contribution < 1.29 is 0 Å². The van der Waals surface area contributed by atoms with Gasteiger partial charge >= 0.3 is 0 Å². The normalized spacial score (nSPS) is 11.0. The van der Waals surface area contributed by atoms with E-state index in [1.165, 1.54) is 15.3 Å². The smallest absolute Gasteiger partial charge is 0.0361 e. The largest absolute Gasteiger partial charge is 0.329 e. The molecule has 4 heteroatoms. The molecule has 0 saturated carbocycles. The molecule has 0 radical (unpaired) electrons. The maximum absolute atomic E-state index is 5.53. The van der Waals surface area contributed by atoms with Crippen LogP contribution < -0.4 is 5.73 Å². The summed E-state index contributed by atoms with van der Waals surface area (Å²) < 4.78 is 0. The van der Waals surface area contributed by atoms with Crippen molar-refractivity contribution in [2.75, 3.05) is 20.1 Å². The van der Waals surface area contributed by atoms with Gasteiger partial charge in [0, 0.05) is 47.3 Å². The van der Waals surface area contributed by atoms with Gasteiger partial charge in [0.15, 0.2) is 0 Å². The van der Waals surface area contributed by atoms with Crippen molar-refractivity contribution in [3.8, 4) is 10.4 Å². The maximum atomic E-state index is 5.53. The van der Waals surface area contributed by atoms with E-state index in [4.69, 9.17) is 5.73 Å². The lowest BCUT2D eigenvalue weighted by atomic mass is 10.2. The number of likely N-dealkylation sites (N-methyl/N-ethyl adjacent to an activating group) is 1. The van der Waals surface area contributed by atoms with Gasteiger partial charge in [0.25, 0.3) is 0 Å². The highest BCUT2D eigenvalue weighted by Crippen LogP contribution is 2.27. The van der Waals surface area contributed by atoms with Crippen LogP contribution >= 0.6 is 11.3 Å². The van der Waals surface area contributed by atoms with Gasteiger partial charge in [0.05, 0.1) is 0 Å². The molecular formula is C13H17N3S. The van der Waals surface area contributed by atoms with Crippen LogP contribution in [-0.4, -0.2) is 30.0 Å². The van der Waals surface area contributed by atoms with Gasteiger partial charge in [-0.1, -0.05) is 6.07 Å². The number of aromatic nitrogens is 1. The molecule has 17 heavy (non-hydrogen) atoms. The Labute approximate surface area is 106 Å². The van der Waals surface area contributed by atoms with Gasteiger partial charge in [0.2, 0.25) is 0 Å². The quantitative estimate of drug-likeness (QED) is 0.880. The molecule has 0 aliphatic carbocycles. The fourth-order valence-electron chi connectivity index (χ4n) is 1.69. The lowest BCUT2D eigenvalue weighted by Gasteiger charge is -2.13. The van der Waals surface area contributed by atoms with Crippen LogP contribution in [0.15, 0.2) is 36.7 Å². The molecule has 2 N–H and O–H groups in total. The molecule has 0 amide bonds. The maximum Gasteiger partial charge on any atom is 0.0361 e. The third-order valence-corrected chi connectivity index (χ3v) is 3.66. The Bertz CT molecular complexity index is 453. The molecule has 2 rings (SSSR count). The van der Waals surface area contributed by atoms with Gasteiger partial charge in [-0.05, 0) is 25.2 Å². The highest BCUT2D eigenvalue weighted by atomic mass is 32.1. The van der Waals surface area contributed by atoms with Gasteiger partial charge in [-0.25, -0.2) is 0 Å². The molecule has 0 spiro atoms. The van der Waals surface area contributed by atoms with Crippen LogP contribution in [0.2, 0.25) is 0 Å². The highest BCUT2D eigenvalue weighted by molar-refractivity contribution is 7.15. The van der Waals surface area contributed by atoms with E-state index in [-0.39, 0.29) is 0 Å². The van der Waals surface area contributed by atoms with Crippen molar-refractivity contribution in [3.05, 3.63) is 41.5 Å². The first-order chi connectivity index (χ1) is 8.29. The predicted octanol–water partition coefficient (Wildman–Crippen LogP) is 2.20. The topological polar surface area (TPSA) is 42.1 Å². The van der Waals surface area contributed by atoms with Crippen LogP contribution in [0.25, 0.3) is 10.4 Å². The van der Waals surface area contributed by atoms with E-state index in [0.29, 0.717) is 6.54 Å². The highest BCUT2D eigenvalue weighted by Gasteiger charge is 2.05. The van der Waals surface area contributed by atoms with Gasteiger partial charge in [-0.15, -0.1) is 11.3 Å². The van der Waals surface area contributed by atoms with E-state index in [1.54, 1.807) is 6.20 Å². The molecule has 2 aromatic rings. The Morgan fingerprint density at radius 1 is 1.35 bits per heavy atom. The summed E-state index contributed by atoms with van der Waals surface area (Å²) in [5.41, 5.74) is 6.72. The first kappa shape index (κ1) is 12.2. The summed E-state index contributed by atoms with van der Waals surface area (Å²) in [6, 6.07) is 8.40. The van der Waals surface area contributed by atoms with E-state index in [0.717, 1.165) is 13.1 Å². The molecule has 0 atom stereocenters. The third kappa shape index (κ3) is 3.36. The minimum atomic E-state index is 0.706. The molecule has 0 fully saturated rings. The molecule has 0 aliphatic heterocycles. The number of hydrogen-bond donors (Lipinski definition) is 1. The zero-order valence-electron chi connectivity index (χ0n) is 9.97. The van der Waals surface area contributed by atoms with Gasteiger partial charge in [-0.3, -0.25) is 4.98 Å². The number of thiophene rings is 1. The van der Waals surface area contributed by atoms with Crippen molar-refractivity contribution in [1.29, 1.82) is 0 Å². The van der Waals surface area contributed by atoms with Crippen molar-refractivity contribution in [2.45, 2.75) is 6.54 Å². The molecule has 0 bridgehead atoms. The van der Waals surface area contributed by atoms with Crippen LogP contribution in [0.3, 0.4) is 0 Å². The Morgan fingerprint density at radius 3 is 2.94 bits per heavy atom. The second-order valence-corrected chi connectivity index (χ2v) is 5.20. The molecule has 0 saturated heterocycles. The molecule has 0 aliphatic rings. The van der Waals surface area contributed by atoms with Crippen LogP contribution in [0.1, 0.15) is 4.88 Å². The van der Waals surface area contributed by atoms with Gasteiger partial charge in [0.1, 0.15) is 0 Å². The van der Waals surface area contributed by atoms with E-state index in [2.05, 4.69) is 35.1 Å². The average Bonchev–Trinajstić information content (AvgIpc) is 2.79. The van der Waals surface area contributed by atoms with E-state index in [1.807, 2.05) is 23.6 Å². The summed E-state index contributed by atoms with van der Waals surface area (Å²) in [5, 5.41) is 0. The van der Waals surface area contributed by atoms with E-state index < -0.39 is 0 Å². The average molecular weight is 247 g/mol. The Hall–Kier alpha value is -1.23. The summed E-state index contributed by atoms with van der Waals surface area (Å²) >= 11 is 1.82. The molecule has 2 aromatic heterocycles. The zero-order chi connectivity index (χ0) is 12.1. The molecule has 0 aromatic carbocycles. The van der Waals surface area contributed by atoms with Crippen molar-refractivity contribution in [3.63, 3.8) is 0 Å². The van der Waals surface area contributed by atoms with Gasteiger partial charge in [-0.2, -0.15) is 0 Å². The second kappa shape index (κ2) is 5.91.